The van der Waals surface area contributed by atoms with E-state index >= 15 is 0 Å². The molecule has 9 heteroatoms. The van der Waals surface area contributed by atoms with Crippen molar-refractivity contribution in [3.63, 3.8) is 0 Å². The molecule has 33 heavy (non-hydrogen) atoms. The molecule has 0 bridgehead atoms. The summed E-state index contributed by atoms with van der Waals surface area (Å²) >= 11 is 6.23. The summed E-state index contributed by atoms with van der Waals surface area (Å²) in [6.45, 7) is 1.73. The Morgan fingerprint density at radius 2 is 2.00 bits per heavy atom. The number of nitrogens with one attached hydrogen (secondary N) is 1. The van der Waals surface area contributed by atoms with Gasteiger partial charge in [0.15, 0.2) is 11.5 Å². The highest BCUT2D eigenvalue weighted by Crippen LogP contribution is 2.28. The van der Waals surface area contributed by atoms with Crippen LogP contribution in [0.2, 0.25) is 5.02 Å². The molecule has 1 atom stereocenters. The number of amides is 2. The molecule has 1 aliphatic rings. The van der Waals surface area contributed by atoms with Crippen LogP contribution in [0.15, 0.2) is 59.4 Å². The molecule has 1 aromatic carbocycles. The zero-order valence-corrected chi connectivity index (χ0v) is 18.8. The molecule has 172 valence electrons. The lowest BCUT2D eigenvalue weighted by Gasteiger charge is -2.24. The average Bonchev–Trinajstić information content (AvgIpc) is 3.53. The number of halogens is 1. The van der Waals surface area contributed by atoms with E-state index in [0.717, 1.165) is 18.4 Å². The summed E-state index contributed by atoms with van der Waals surface area (Å²) in [5, 5.41) is 7.34. The Hall–Kier alpha value is -3.23. The van der Waals surface area contributed by atoms with E-state index in [2.05, 4.69) is 15.5 Å². The van der Waals surface area contributed by atoms with Crippen molar-refractivity contribution in [2.75, 3.05) is 19.7 Å². The molecule has 1 aliphatic heterocycles. The normalized spacial score (nSPS) is 15.4. The van der Waals surface area contributed by atoms with E-state index in [1.807, 2.05) is 24.3 Å². The quantitative estimate of drug-likeness (QED) is 0.514. The predicted molar refractivity (Wildman–Crippen MR) is 123 cm³/mol. The fraction of sp³-hybridized carbons (Fsp3) is 0.333. The standard InChI is InChI=1S/C24H25ClN4O4/c25-20-6-2-1-5-19(20)22-14-21(28-33-22)24(31)29(16-18-4-3-13-32-18)12-9-23(30)27-15-17-7-10-26-11-8-17/h1-2,5-8,10-11,14,18H,3-4,9,12-13,15-16H2,(H,27,30)/t18-/m0/s1. The molecular weight excluding hydrogens is 444 g/mol. The van der Waals surface area contributed by atoms with Crippen LogP contribution in [0.25, 0.3) is 11.3 Å². The maximum atomic E-state index is 13.2. The number of pyridine rings is 1. The van der Waals surface area contributed by atoms with Crippen molar-refractivity contribution in [3.05, 3.63) is 71.1 Å². The highest BCUT2D eigenvalue weighted by molar-refractivity contribution is 6.33. The van der Waals surface area contributed by atoms with E-state index in [4.69, 9.17) is 20.9 Å². The zero-order valence-electron chi connectivity index (χ0n) is 18.1. The highest BCUT2D eigenvalue weighted by Gasteiger charge is 2.26. The minimum atomic E-state index is -0.311. The van der Waals surface area contributed by atoms with Crippen molar-refractivity contribution in [3.8, 4) is 11.3 Å². The highest BCUT2D eigenvalue weighted by atomic mass is 35.5. The average molecular weight is 469 g/mol. The molecule has 8 nitrogen and oxygen atoms in total. The van der Waals surface area contributed by atoms with Crippen LogP contribution in [0.1, 0.15) is 35.3 Å². The van der Waals surface area contributed by atoms with Crippen molar-refractivity contribution in [1.29, 1.82) is 0 Å². The third-order valence-corrected chi connectivity index (χ3v) is 5.78. The second-order valence-corrected chi connectivity index (χ2v) is 8.23. The van der Waals surface area contributed by atoms with Gasteiger partial charge in [0.05, 0.1) is 11.1 Å². The van der Waals surface area contributed by atoms with Crippen molar-refractivity contribution >= 4 is 23.4 Å². The fourth-order valence-electron chi connectivity index (χ4n) is 3.66. The van der Waals surface area contributed by atoms with Crippen LogP contribution < -0.4 is 5.32 Å². The molecule has 3 heterocycles. The fourth-order valence-corrected chi connectivity index (χ4v) is 3.89. The van der Waals surface area contributed by atoms with E-state index in [-0.39, 0.29) is 36.6 Å². The summed E-state index contributed by atoms with van der Waals surface area (Å²) in [5.41, 5.74) is 1.78. The van der Waals surface area contributed by atoms with Crippen LogP contribution in [0.3, 0.4) is 0 Å². The lowest BCUT2D eigenvalue weighted by Crippen LogP contribution is -2.40. The first-order valence-corrected chi connectivity index (χ1v) is 11.3. The Morgan fingerprint density at radius 1 is 1.18 bits per heavy atom. The largest absolute Gasteiger partial charge is 0.376 e. The Morgan fingerprint density at radius 3 is 2.76 bits per heavy atom. The molecule has 0 spiro atoms. The summed E-state index contributed by atoms with van der Waals surface area (Å²) in [7, 11) is 0. The molecule has 0 radical (unpaired) electrons. The Labute approximate surface area is 196 Å². The number of carbonyl (C=O) groups excluding carboxylic acids is 2. The number of benzene rings is 1. The van der Waals surface area contributed by atoms with Crippen molar-refractivity contribution in [2.24, 2.45) is 0 Å². The van der Waals surface area contributed by atoms with E-state index in [9.17, 15) is 9.59 Å². The number of ether oxygens (including phenoxy) is 1. The molecule has 2 amide bonds. The third kappa shape index (κ3) is 6.18. The molecule has 0 unspecified atom stereocenters. The molecule has 0 saturated carbocycles. The first-order valence-electron chi connectivity index (χ1n) is 10.9. The molecule has 4 rings (SSSR count). The monoisotopic (exact) mass is 468 g/mol. The van der Waals surface area contributed by atoms with Crippen molar-refractivity contribution in [1.82, 2.24) is 20.4 Å². The summed E-state index contributed by atoms with van der Waals surface area (Å²) < 4.78 is 11.1. The summed E-state index contributed by atoms with van der Waals surface area (Å²) in [6, 6.07) is 12.5. The molecule has 3 aromatic rings. The maximum Gasteiger partial charge on any atom is 0.276 e. The SMILES string of the molecule is O=C(CCN(C[C@@H]1CCCO1)C(=O)c1cc(-c2ccccc2Cl)on1)NCc1ccncc1. The summed E-state index contributed by atoms with van der Waals surface area (Å²) in [4.78, 5) is 31.2. The van der Waals surface area contributed by atoms with E-state index in [1.165, 1.54) is 0 Å². The van der Waals surface area contributed by atoms with Gasteiger partial charge in [-0.25, -0.2) is 0 Å². The van der Waals surface area contributed by atoms with Crippen molar-refractivity contribution < 1.29 is 18.8 Å². The van der Waals surface area contributed by atoms with E-state index < -0.39 is 0 Å². The predicted octanol–water partition coefficient (Wildman–Crippen LogP) is 3.72. The van der Waals surface area contributed by atoms with Crippen LogP contribution in [-0.4, -0.2) is 52.7 Å². The second-order valence-electron chi connectivity index (χ2n) is 7.82. The molecule has 2 aromatic heterocycles. The number of nitrogens with zero attached hydrogens (tertiary/aromatic N) is 3. The summed E-state index contributed by atoms with van der Waals surface area (Å²) in [6.07, 6.45) is 5.31. The summed E-state index contributed by atoms with van der Waals surface area (Å²) in [5.74, 6) is -0.0422. The molecular formula is C24H25ClN4O4. The van der Waals surface area contributed by atoms with Crippen LogP contribution in [-0.2, 0) is 16.1 Å². The van der Waals surface area contributed by atoms with Gasteiger partial charge in [-0.1, -0.05) is 28.9 Å². The van der Waals surface area contributed by atoms with Gasteiger partial charge >= 0.3 is 0 Å². The van der Waals surface area contributed by atoms with Gasteiger partial charge in [-0.2, -0.15) is 0 Å². The van der Waals surface area contributed by atoms with Gasteiger partial charge in [0.25, 0.3) is 5.91 Å². The van der Waals surface area contributed by atoms with E-state index in [0.29, 0.717) is 36.0 Å². The minimum Gasteiger partial charge on any atom is -0.376 e. The van der Waals surface area contributed by atoms with Gasteiger partial charge in [0, 0.05) is 56.7 Å². The number of rotatable bonds is 9. The van der Waals surface area contributed by atoms with E-state index in [1.54, 1.807) is 35.5 Å². The minimum absolute atomic E-state index is 0.0521. The Bertz CT molecular complexity index is 1080. The van der Waals surface area contributed by atoms with Crippen LogP contribution in [0, 0.1) is 0 Å². The smallest absolute Gasteiger partial charge is 0.276 e. The Balaban J connectivity index is 1.41. The van der Waals surface area contributed by atoms with Gasteiger partial charge < -0.3 is 19.5 Å². The molecule has 0 aliphatic carbocycles. The first-order chi connectivity index (χ1) is 16.1. The number of hydrogen-bond donors (Lipinski definition) is 1. The second kappa shape index (κ2) is 11.1. The van der Waals surface area contributed by atoms with Gasteiger partial charge in [-0.05, 0) is 42.7 Å². The maximum absolute atomic E-state index is 13.2. The van der Waals surface area contributed by atoms with Crippen LogP contribution >= 0.6 is 11.6 Å². The van der Waals surface area contributed by atoms with Gasteiger partial charge in [0.1, 0.15) is 0 Å². The van der Waals surface area contributed by atoms with Gasteiger partial charge in [0.2, 0.25) is 5.91 Å². The Kier molecular flexibility index (Phi) is 7.70. The number of carbonyl (C=O) groups is 2. The van der Waals surface area contributed by atoms with Crippen molar-refractivity contribution in [2.45, 2.75) is 31.9 Å². The molecule has 1 fully saturated rings. The molecule has 1 N–H and O–H groups in total. The first kappa shape index (κ1) is 22.9. The topological polar surface area (TPSA) is 97.6 Å². The van der Waals surface area contributed by atoms with Gasteiger partial charge in [-0.3, -0.25) is 14.6 Å². The lowest BCUT2D eigenvalue weighted by molar-refractivity contribution is -0.121. The zero-order chi connectivity index (χ0) is 23.0. The van der Waals surface area contributed by atoms with Crippen LogP contribution in [0.4, 0.5) is 0 Å². The lowest BCUT2D eigenvalue weighted by atomic mass is 10.1. The number of hydrogen-bond acceptors (Lipinski definition) is 6. The third-order valence-electron chi connectivity index (χ3n) is 5.45. The molecule has 1 saturated heterocycles. The van der Waals surface area contributed by atoms with Gasteiger partial charge in [-0.15, -0.1) is 0 Å². The van der Waals surface area contributed by atoms with Crippen LogP contribution in [0.5, 0.6) is 0 Å². The number of aromatic nitrogens is 2.